The number of amides is 1. The van der Waals surface area contributed by atoms with Gasteiger partial charge in [0.1, 0.15) is 0 Å². The Labute approximate surface area is 125 Å². The van der Waals surface area contributed by atoms with E-state index in [1.54, 1.807) is 7.05 Å². The van der Waals surface area contributed by atoms with Crippen LogP contribution in [0.2, 0.25) is 0 Å². The second-order valence-corrected chi connectivity index (χ2v) is 5.42. The Balaban J connectivity index is 1.94. The van der Waals surface area contributed by atoms with Gasteiger partial charge in [0.05, 0.1) is 11.2 Å². The normalized spacial score (nSPS) is 10.6. The number of rotatable bonds is 3. The molecule has 21 heavy (non-hydrogen) atoms. The topological polar surface area (TPSA) is 79.8 Å². The zero-order chi connectivity index (χ0) is 14.8. The Hall–Kier alpha value is -2.54. The predicted octanol–water partition coefficient (Wildman–Crippen LogP) is 2.69. The quantitative estimate of drug-likeness (QED) is 0.777. The maximum atomic E-state index is 12.2. The van der Waals surface area contributed by atoms with E-state index in [2.05, 4.69) is 25.8 Å². The molecule has 106 valence electrons. The van der Waals surface area contributed by atoms with Gasteiger partial charge in [-0.15, -0.1) is 10.2 Å². The van der Waals surface area contributed by atoms with Gasteiger partial charge in [-0.25, -0.2) is 0 Å². The molecule has 0 bridgehead atoms. The van der Waals surface area contributed by atoms with Crippen LogP contribution in [0.25, 0.3) is 10.9 Å². The largest absolute Gasteiger partial charge is 0.363 e. The van der Waals surface area contributed by atoms with Crippen LogP contribution in [0, 0.1) is 6.92 Å². The Kier molecular flexibility index (Phi) is 3.49. The lowest BCUT2D eigenvalue weighted by Crippen LogP contribution is -2.12. The van der Waals surface area contributed by atoms with E-state index in [1.807, 2.05) is 37.3 Å². The zero-order valence-electron chi connectivity index (χ0n) is 11.5. The van der Waals surface area contributed by atoms with E-state index in [1.165, 1.54) is 11.3 Å². The van der Waals surface area contributed by atoms with Gasteiger partial charge in [-0.2, -0.15) is 0 Å². The third-order valence-electron chi connectivity index (χ3n) is 2.94. The smallest absolute Gasteiger partial charge is 0.286 e. The fourth-order valence-electron chi connectivity index (χ4n) is 1.94. The molecule has 0 aliphatic heterocycles. The molecule has 0 radical (unpaired) electrons. The molecule has 2 aromatic heterocycles. The van der Waals surface area contributed by atoms with E-state index in [-0.39, 0.29) is 5.91 Å². The maximum absolute atomic E-state index is 12.2. The second-order valence-electron chi connectivity index (χ2n) is 4.45. The first-order valence-corrected chi connectivity index (χ1v) is 7.18. The van der Waals surface area contributed by atoms with E-state index in [4.69, 9.17) is 0 Å². The number of aryl methyl sites for hydroxylation is 1. The second kappa shape index (κ2) is 5.45. The molecule has 1 aromatic carbocycles. The van der Waals surface area contributed by atoms with Crippen molar-refractivity contribution in [2.75, 3.05) is 17.7 Å². The van der Waals surface area contributed by atoms with Crippen molar-refractivity contribution >= 4 is 39.0 Å². The van der Waals surface area contributed by atoms with Crippen LogP contribution >= 0.6 is 11.3 Å². The monoisotopic (exact) mass is 299 g/mol. The molecule has 0 fully saturated rings. The minimum absolute atomic E-state index is 0.287. The number of pyridine rings is 1. The van der Waals surface area contributed by atoms with Gasteiger partial charge in [-0.1, -0.05) is 29.5 Å². The van der Waals surface area contributed by atoms with Crippen LogP contribution in [0.15, 0.2) is 30.3 Å². The molecule has 0 aliphatic rings. The summed E-state index contributed by atoms with van der Waals surface area (Å²) in [5.74, 6) is -0.287. The highest BCUT2D eigenvalue weighted by molar-refractivity contribution is 7.17. The average molecular weight is 299 g/mol. The number of para-hydroxylation sites is 1. The fourth-order valence-corrected chi connectivity index (χ4v) is 2.53. The van der Waals surface area contributed by atoms with E-state index in [9.17, 15) is 4.79 Å². The van der Waals surface area contributed by atoms with Crippen LogP contribution in [0.1, 0.15) is 15.5 Å². The molecule has 3 rings (SSSR count). The van der Waals surface area contributed by atoms with Gasteiger partial charge in [0.2, 0.25) is 10.1 Å². The minimum atomic E-state index is -0.287. The number of fused-ring (bicyclic) bond motifs is 1. The highest BCUT2D eigenvalue weighted by atomic mass is 32.1. The van der Waals surface area contributed by atoms with Gasteiger partial charge in [-0.05, 0) is 19.1 Å². The van der Waals surface area contributed by atoms with Gasteiger partial charge in [0, 0.05) is 18.1 Å². The number of anilines is 2. The summed E-state index contributed by atoms with van der Waals surface area (Å²) in [6.45, 7) is 1.92. The number of carbonyl (C=O) groups excluding carboxylic acids is 1. The van der Waals surface area contributed by atoms with Gasteiger partial charge in [-0.3, -0.25) is 9.78 Å². The lowest BCUT2D eigenvalue weighted by atomic mass is 10.1. The van der Waals surface area contributed by atoms with Crippen LogP contribution in [0.4, 0.5) is 10.8 Å². The molecule has 2 heterocycles. The molecule has 0 atom stereocenters. The van der Waals surface area contributed by atoms with Crippen molar-refractivity contribution < 1.29 is 4.79 Å². The van der Waals surface area contributed by atoms with Crippen LogP contribution in [0.5, 0.6) is 0 Å². The van der Waals surface area contributed by atoms with Crippen molar-refractivity contribution in [2.45, 2.75) is 6.92 Å². The van der Waals surface area contributed by atoms with Crippen molar-refractivity contribution in [3.05, 3.63) is 41.0 Å². The number of hydrogen-bond acceptors (Lipinski definition) is 6. The molecule has 0 aliphatic carbocycles. The number of benzene rings is 1. The molecule has 7 heteroatoms. The minimum Gasteiger partial charge on any atom is -0.363 e. The Morgan fingerprint density at radius 3 is 2.81 bits per heavy atom. The summed E-state index contributed by atoms with van der Waals surface area (Å²) in [6.07, 6.45) is 0. The first-order valence-electron chi connectivity index (χ1n) is 6.36. The summed E-state index contributed by atoms with van der Waals surface area (Å²) in [4.78, 5) is 16.7. The Morgan fingerprint density at radius 1 is 1.19 bits per heavy atom. The van der Waals surface area contributed by atoms with Crippen molar-refractivity contribution in [3.8, 4) is 0 Å². The third kappa shape index (κ3) is 2.68. The molecule has 0 unspecified atom stereocenters. The summed E-state index contributed by atoms with van der Waals surface area (Å²) in [5, 5.41) is 15.3. The number of carbonyl (C=O) groups is 1. The standard InChI is InChI=1S/C14H13N5OS/c1-8-6-7-9-4-3-5-10(11(9)16-8)17-12(20)13-18-19-14(15-2)21-13/h3-7H,1-2H3,(H,15,19)(H,17,20). The summed E-state index contributed by atoms with van der Waals surface area (Å²) in [5.41, 5.74) is 2.34. The molecule has 6 nitrogen and oxygen atoms in total. The summed E-state index contributed by atoms with van der Waals surface area (Å²) >= 11 is 1.20. The first kappa shape index (κ1) is 13.4. The van der Waals surface area contributed by atoms with Gasteiger partial charge < -0.3 is 10.6 Å². The van der Waals surface area contributed by atoms with Gasteiger partial charge in [0.25, 0.3) is 5.91 Å². The van der Waals surface area contributed by atoms with E-state index in [0.717, 1.165) is 16.6 Å². The van der Waals surface area contributed by atoms with Crippen LogP contribution in [0.3, 0.4) is 0 Å². The van der Waals surface area contributed by atoms with Crippen LogP contribution in [-0.4, -0.2) is 28.1 Å². The highest BCUT2D eigenvalue weighted by Gasteiger charge is 2.14. The number of nitrogens with zero attached hydrogens (tertiary/aromatic N) is 3. The zero-order valence-corrected chi connectivity index (χ0v) is 12.4. The summed E-state index contributed by atoms with van der Waals surface area (Å²) in [7, 11) is 1.74. The lowest BCUT2D eigenvalue weighted by molar-refractivity contribution is 0.102. The van der Waals surface area contributed by atoms with E-state index in [0.29, 0.717) is 15.8 Å². The first-order chi connectivity index (χ1) is 10.2. The van der Waals surface area contributed by atoms with Gasteiger partial charge >= 0.3 is 0 Å². The van der Waals surface area contributed by atoms with Crippen LogP contribution < -0.4 is 10.6 Å². The number of hydrogen-bond donors (Lipinski definition) is 2. The highest BCUT2D eigenvalue weighted by Crippen LogP contribution is 2.23. The molecule has 0 saturated heterocycles. The Morgan fingerprint density at radius 2 is 2.05 bits per heavy atom. The maximum Gasteiger partial charge on any atom is 0.286 e. The molecule has 0 saturated carbocycles. The number of nitrogens with one attached hydrogen (secondary N) is 2. The fraction of sp³-hybridized carbons (Fsp3) is 0.143. The number of aromatic nitrogens is 3. The molecule has 2 N–H and O–H groups in total. The third-order valence-corrected chi connectivity index (χ3v) is 3.88. The molecule has 0 spiro atoms. The summed E-state index contributed by atoms with van der Waals surface area (Å²) in [6, 6.07) is 9.59. The lowest BCUT2D eigenvalue weighted by Gasteiger charge is -2.07. The van der Waals surface area contributed by atoms with Crippen LogP contribution in [-0.2, 0) is 0 Å². The molecule has 3 aromatic rings. The SMILES string of the molecule is CNc1nnc(C(=O)Nc2cccc3ccc(C)nc23)s1. The van der Waals surface area contributed by atoms with Crippen molar-refractivity contribution in [3.63, 3.8) is 0 Å². The van der Waals surface area contributed by atoms with Crippen molar-refractivity contribution in [1.29, 1.82) is 0 Å². The van der Waals surface area contributed by atoms with Gasteiger partial charge in [0.15, 0.2) is 0 Å². The molecule has 1 amide bonds. The molecular formula is C14H13N5OS. The predicted molar refractivity (Wildman–Crippen MR) is 83.9 cm³/mol. The van der Waals surface area contributed by atoms with E-state index < -0.39 is 0 Å². The molecular weight excluding hydrogens is 286 g/mol. The van der Waals surface area contributed by atoms with E-state index >= 15 is 0 Å². The van der Waals surface area contributed by atoms with Crippen molar-refractivity contribution in [2.24, 2.45) is 0 Å². The Bertz CT molecular complexity index is 814. The van der Waals surface area contributed by atoms with Crippen molar-refractivity contribution in [1.82, 2.24) is 15.2 Å². The average Bonchev–Trinajstić information content (AvgIpc) is 2.97. The summed E-state index contributed by atoms with van der Waals surface area (Å²) < 4.78 is 0.